The average Bonchev–Trinajstić information content (AvgIpc) is 3.08. The average molecular weight is 271 g/mol. The predicted molar refractivity (Wildman–Crippen MR) is 75.5 cm³/mol. The van der Waals surface area contributed by atoms with E-state index in [1.165, 1.54) is 4.88 Å². The third-order valence-corrected chi connectivity index (χ3v) is 3.48. The zero-order valence-electron chi connectivity index (χ0n) is 10.4. The van der Waals surface area contributed by atoms with E-state index in [4.69, 9.17) is 0 Å². The number of aryl methyl sites for hydroxylation is 1. The molecule has 0 radical (unpaired) electrons. The topological polar surface area (TPSA) is 55.6 Å². The van der Waals surface area contributed by atoms with Crippen LogP contribution in [0.2, 0.25) is 0 Å². The van der Waals surface area contributed by atoms with Crippen molar-refractivity contribution >= 4 is 16.5 Å². The summed E-state index contributed by atoms with van der Waals surface area (Å²) in [4.78, 5) is 9.78. The fourth-order valence-corrected chi connectivity index (χ4v) is 2.37. The highest BCUT2D eigenvalue weighted by Gasteiger charge is 2.01. The van der Waals surface area contributed by atoms with E-state index in [0.29, 0.717) is 0 Å². The van der Waals surface area contributed by atoms with Crippen molar-refractivity contribution in [1.29, 1.82) is 0 Å². The van der Waals surface area contributed by atoms with E-state index in [1.54, 1.807) is 28.4 Å². The molecule has 1 N–H and O–H groups in total. The Balaban J connectivity index is 1.73. The first-order chi connectivity index (χ1) is 9.31. The van der Waals surface area contributed by atoms with Gasteiger partial charge in [-0.25, -0.2) is 14.6 Å². The zero-order valence-corrected chi connectivity index (χ0v) is 11.3. The molecule has 96 valence electrons. The zero-order chi connectivity index (χ0) is 13.1. The minimum atomic E-state index is 0.726. The van der Waals surface area contributed by atoms with E-state index in [0.717, 1.165) is 23.1 Å². The van der Waals surface area contributed by atoms with E-state index < -0.39 is 0 Å². The quantitative estimate of drug-likeness (QED) is 0.792. The van der Waals surface area contributed by atoms with Crippen molar-refractivity contribution in [1.82, 2.24) is 19.7 Å². The smallest absolute Gasteiger partial charge is 0.183 e. The normalized spacial score (nSPS) is 10.6. The summed E-state index contributed by atoms with van der Waals surface area (Å²) in [6.45, 7) is 2.77. The standard InChI is InChI=1S/C13H13N5S/c1-10-8-15-13(19-10)16-9-11-3-5-14-12(7-11)18-6-2-4-17-18/h2-8H,9H2,1H3,(H,15,16). The first-order valence-electron chi connectivity index (χ1n) is 5.92. The van der Waals surface area contributed by atoms with Crippen LogP contribution in [-0.2, 0) is 6.54 Å². The Kier molecular flexibility index (Phi) is 3.24. The van der Waals surface area contributed by atoms with Crippen LogP contribution in [0.3, 0.4) is 0 Å². The van der Waals surface area contributed by atoms with E-state index in [-0.39, 0.29) is 0 Å². The van der Waals surface area contributed by atoms with Gasteiger partial charge >= 0.3 is 0 Å². The molecule has 0 amide bonds. The summed E-state index contributed by atoms with van der Waals surface area (Å²) in [5.74, 6) is 0.819. The third-order valence-electron chi connectivity index (χ3n) is 2.61. The monoisotopic (exact) mass is 271 g/mol. The van der Waals surface area contributed by atoms with Crippen molar-refractivity contribution in [3.8, 4) is 5.82 Å². The van der Waals surface area contributed by atoms with E-state index in [2.05, 4.69) is 20.4 Å². The molecule has 0 fully saturated rings. The van der Waals surface area contributed by atoms with Gasteiger partial charge < -0.3 is 5.32 Å². The van der Waals surface area contributed by atoms with Crippen molar-refractivity contribution in [2.75, 3.05) is 5.32 Å². The molecule has 0 aromatic carbocycles. The molecule has 0 aliphatic heterocycles. The number of anilines is 1. The van der Waals surface area contributed by atoms with Gasteiger partial charge in [0, 0.05) is 36.2 Å². The largest absolute Gasteiger partial charge is 0.357 e. The number of pyridine rings is 1. The van der Waals surface area contributed by atoms with E-state index in [9.17, 15) is 0 Å². The molecule has 0 atom stereocenters. The van der Waals surface area contributed by atoms with Gasteiger partial charge in [-0.3, -0.25) is 0 Å². The van der Waals surface area contributed by atoms with Gasteiger partial charge in [-0.1, -0.05) is 0 Å². The third kappa shape index (κ3) is 2.79. The molecular weight excluding hydrogens is 258 g/mol. The molecule has 0 aliphatic rings. The van der Waals surface area contributed by atoms with Crippen molar-refractivity contribution in [2.24, 2.45) is 0 Å². The number of aromatic nitrogens is 4. The summed E-state index contributed by atoms with van der Waals surface area (Å²) in [5.41, 5.74) is 1.15. The Hall–Kier alpha value is -2.21. The van der Waals surface area contributed by atoms with Crippen molar-refractivity contribution in [2.45, 2.75) is 13.5 Å². The number of rotatable bonds is 4. The second-order valence-corrected chi connectivity index (χ2v) is 5.34. The fourth-order valence-electron chi connectivity index (χ4n) is 1.71. The molecule has 3 heterocycles. The molecule has 0 saturated heterocycles. The van der Waals surface area contributed by atoms with Gasteiger partial charge in [0.05, 0.1) is 0 Å². The summed E-state index contributed by atoms with van der Waals surface area (Å²) < 4.78 is 1.75. The number of hydrogen-bond donors (Lipinski definition) is 1. The van der Waals surface area contributed by atoms with Crippen LogP contribution in [-0.4, -0.2) is 19.7 Å². The second kappa shape index (κ2) is 5.19. The lowest BCUT2D eigenvalue weighted by Crippen LogP contribution is -2.02. The lowest BCUT2D eigenvalue weighted by atomic mass is 10.2. The van der Waals surface area contributed by atoms with Gasteiger partial charge in [0.1, 0.15) is 0 Å². The highest BCUT2D eigenvalue weighted by atomic mass is 32.1. The molecule has 3 aromatic heterocycles. The van der Waals surface area contributed by atoms with Crippen molar-refractivity contribution in [3.63, 3.8) is 0 Å². The molecule has 0 bridgehead atoms. The maximum Gasteiger partial charge on any atom is 0.183 e. The number of thiazole rings is 1. The fraction of sp³-hybridized carbons (Fsp3) is 0.154. The van der Waals surface area contributed by atoms with E-state index in [1.807, 2.05) is 37.5 Å². The van der Waals surface area contributed by atoms with Crippen molar-refractivity contribution in [3.05, 3.63) is 53.4 Å². The number of nitrogens with one attached hydrogen (secondary N) is 1. The van der Waals surface area contributed by atoms with Crippen LogP contribution >= 0.6 is 11.3 Å². The van der Waals surface area contributed by atoms with E-state index >= 15 is 0 Å². The van der Waals surface area contributed by atoms with Crippen LogP contribution in [0.5, 0.6) is 0 Å². The van der Waals surface area contributed by atoms with Crippen LogP contribution in [0, 0.1) is 6.92 Å². The van der Waals surface area contributed by atoms with Gasteiger partial charge in [-0.2, -0.15) is 5.10 Å². The summed E-state index contributed by atoms with van der Waals surface area (Å²) in [6, 6.07) is 5.88. The Bertz CT molecular complexity index is 659. The maximum atomic E-state index is 4.30. The lowest BCUT2D eigenvalue weighted by Gasteiger charge is -2.05. The Morgan fingerprint density at radius 2 is 2.26 bits per heavy atom. The van der Waals surface area contributed by atoms with Crippen LogP contribution in [0.1, 0.15) is 10.4 Å². The molecule has 0 saturated carbocycles. The molecule has 19 heavy (non-hydrogen) atoms. The summed E-state index contributed by atoms with van der Waals surface area (Å²) in [5, 5.41) is 8.42. The van der Waals surface area contributed by atoms with Crippen LogP contribution in [0.25, 0.3) is 5.82 Å². The molecule has 0 unspecified atom stereocenters. The van der Waals surface area contributed by atoms with Crippen LogP contribution in [0.4, 0.5) is 5.13 Å². The molecule has 5 nitrogen and oxygen atoms in total. The van der Waals surface area contributed by atoms with Gasteiger partial charge in [0.25, 0.3) is 0 Å². The summed E-state index contributed by atoms with van der Waals surface area (Å²) in [7, 11) is 0. The number of hydrogen-bond acceptors (Lipinski definition) is 5. The predicted octanol–water partition coefficient (Wildman–Crippen LogP) is 2.64. The number of nitrogens with zero attached hydrogens (tertiary/aromatic N) is 4. The Morgan fingerprint density at radius 3 is 3.00 bits per heavy atom. The molecule has 0 aliphatic carbocycles. The minimum absolute atomic E-state index is 0.726. The summed E-state index contributed by atoms with van der Waals surface area (Å²) in [6.07, 6.45) is 7.28. The van der Waals surface area contributed by atoms with Gasteiger partial charge in [-0.15, -0.1) is 11.3 Å². The van der Waals surface area contributed by atoms with Crippen LogP contribution < -0.4 is 5.32 Å². The SMILES string of the molecule is Cc1cnc(NCc2ccnc(-n3cccn3)c2)s1. The van der Waals surface area contributed by atoms with Gasteiger partial charge in [0.2, 0.25) is 0 Å². The van der Waals surface area contributed by atoms with Gasteiger partial charge in [0.15, 0.2) is 10.9 Å². The first-order valence-corrected chi connectivity index (χ1v) is 6.74. The van der Waals surface area contributed by atoms with Crippen LogP contribution in [0.15, 0.2) is 43.0 Å². The molecule has 3 aromatic rings. The lowest BCUT2D eigenvalue weighted by molar-refractivity contribution is 0.843. The molecule has 6 heteroatoms. The highest BCUT2D eigenvalue weighted by molar-refractivity contribution is 7.15. The Labute approximate surface area is 115 Å². The molecule has 3 rings (SSSR count). The van der Waals surface area contributed by atoms with Crippen molar-refractivity contribution < 1.29 is 0 Å². The molecular formula is C13H13N5S. The Morgan fingerprint density at radius 1 is 1.32 bits per heavy atom. The maximum absolute atomic E-state index is 4.30. The summed E-state index contributed by atoms with van der Waals surface area (Å²) >= 11 is 1.65. The highest BCUT2D eigenvalue weighted by Crippen LogP contribution is 2.17. The van der Waals surface area contributed by atoms with Gasteiger partial charge in [-0.05, 0) is 30.7 Å². The molecule has 0 spiro atoms. The second-order valence-electron chi connectivity index (χ2n) is 4.10. The first kappa shape index (κ1) is 11.9. The minimum Gasteiger partial charge on any atom is -0.357 e.